The number of carbonyl (C=O) groups excluding carboxylic acids is 4. The number of nitrogens with one attached hydrogen (secondary N) is 1. The van der Waals surface area contributed by atoms with Crippen LogP contribution in [0.5, 0.6) is 0 Å². The van der Waals surface area contributed by atoms with Gasteiger partial charge in [0.2, 0.25) is 17.7 Å². The zero-order valence-corrected chi connectivity index (χ0v) is 27.6. The Morgan fingerprint density at radius 2 is 1.87 bits per heavy atom. The third-order valence-electron chi connectivity index (χ3n) is 9.51. The Kier molecular flexibility index (Phi) is 11.8. The highest BCUT2D eigenvalue weighted by molar-refractivity contribution is 5.99. The minimum atomic E-state index is -1.12. The highest BCUT2D eigenvalue weighted by atomic mass is 16.5. The highest BCUT2D eigenvalue weighted by Gasteiger charge is 2.74. The summed E-state index contributed by atoms with van der Waals surface area (Å²) >= 11 is 0. The molecule has 3 heterocycles. The van der Waals surface area contributed by atoms with Gasteiger partial charge in [-0.15, -0.1) is 13.2 Å². The van der Waals surface area contributed by atoms with E-state index in [0.717, 1.165) is 18.4 Å². The lowest BCUT2D eigenvalue weighted by atomic mass is 9.70. The van der Waals surface area contributed by atoms with E-state index in [-0.39, 0.29) is 43.3 Å². The first-order chi connectivity index (χ1) is 22.0. The quantitative estimate of drug-likeness (QED) is 0.150. The van der Waals surface area contributed by atoms with Crippen molar-refractivity contribution in [1.82, 2.24) is 15.1 Å². The maximum Gasteiger partial charge on any atom is 0.306 e. The van der Waals surface area contributed by atoms with Crippen molar-refractivity contribution < 1.29 is 33.8 Å². The molecule has 0 saturated carbocycles. The molecule has 3 saturated heterocycles. The van der Waals surface area contributed by atoms with Gasteiger partial charge in [0.25, 0.3) is 0 Å². The van der Waals surface area contributed by atoms with Crippen molar-refractivity contribution >= 4 is 23.7 Å². The monoisotopic (exact) mass is 637 g/mol. The van der Waals surface area contributed by atoms with E-state index in [1.807, 2.05) is 51.1 Å². The number of rotatable bonds is 17. The number of ether oxygens (including phenoxy) is 2. The molecule has 0 unspecified atom stereocenters. The predicted octanol–water partition coefficient (Wildman–Crippen LogP) is 4.09. The summed E-state index contributed by atoms with van der Waals surface area (Å²) < 4.78 is 12.2. The van der Waals surface area contributed by atoms with Crippen LogP contribution in [0.15, 0.2) is 55.6 Å². The molecule has 1 aromatic carbocycles. The fourth-order valence-electron chi connectivity index (χ4n) is 7.33. The normalized spacial score (nSPS) is 25.6. The van der Waals surface area contributed by atoms with Crippen molar-refractivity contribution in [3.63, 3.8) is 0 Å². The van der Waals surface area contributed by atoms with Crippen molar-refractivity contribution in [3.8, 4) is 0 Å². The molecule has 3 aliphatic rings. The number of esters is 1. The number of hydrogen-bond donors (Lipinski definition) is 2. The molecule has 0 radical (unpaired) electrons. The number of benzene rings is 1. The molecule has 2 bridgehead atoms. The van der Waals surface area contributed by atoms with Gasteiger partial charge in [-0.25, -0.2) is 0 Å². The van der Waals surface area contributed by atoms with Gasteiger partial charge in [-0.1, -0.05) is 55.3 Å². The van der Waals surface area contributed by atoms with Gasteiger partial charge >= 0.3 is 5.97 Å². The van der Waals surface area contributed by atoms with Gasteiger partial charge in [0.15, 0.2) is 0 Å². The Labute approximate surface area is 273 Å². The molecule has 3 fully saturated rings. The molecule has 1 spiro atoms. The lowest BCUT2D eigenvalue weighted by molar-refractivity contribution is -0.151. The van der Waals surface area contributed by atoms with E-state index >= 15 is 0 Å². The van der Waals surface area contributed by atoms with Crippen molar-refractivity contribution in [3.05, 3.63) is 61.2 Å². The highest BCUT2D eigenvalue weighted by Crippen LogP contribution is 2.58. The Morgan fingerprint density at radius 3 is 2.52 bits per heavy atom. The number of likely N-dealkylation sites (tertiary alicyclic amines) is 1. The van der Waals surface area contributed by atoms with Crippen molar-refractivity contribution in [1.29, 1.82) is 0 Å². The lowest BCUT2D eigenvalue weighted by Gasteiger charge is -2.42. The van der Waals surface area contributed by atoms with Crippen LogP contribution in [0.25, 0.3) is 0 Å². The van der Waals surface area contributed by atoms with Crippen LogP contribution in [0, 0.1) is 11.8 Å². The van der Waals surface area contributed by atoms with Crippen LogP contribution in [0.1, 0.15) is 83.7 Å². The number of amides is 3. The molecule has 10 nitrogen and oxygen atoms in total. The number of hydrogen-bond acceptors (Lipinski definition) is 7. The molecule has 2 N–H and O–H groups in total. The Balaban J connectivity index is 1.62. The number of allylic oxidation sites excluding steroid dienone is 1. The van der Waals surface area contributed by atoms with Crippen molar-refractivity contribution in [2.75, 3.05) is 26.3 Å². The van der Waals surface area contributed by atoms with Gasteiger partial charge in [-0.2, -0.15) is 0 Å². The Morgan fingerprint density at radius 1 is 1.15 bits per heavy atom. The van der Waals surface area contributed by atoms with Crippen molar-refractivity contribution in [2.24, 2.45) is 11.8 Å². The summed E-state index contributed by atoms with van der Waals surface area (Å²) in [6.45, 7) is 14.1. The number of carbonyl (C=O) groups is 4. The summed E-state index contributed by atoms with van der Waals surface area (Å²) in [4.78, 5) is 58.8. The number of fused-ring (bicyclic) bond motifs is 1. The molecule has 252 valence electrons. The molecule has 46 heavy (non-hydrogen) atoms. The smallest absolute Gasteiger partial charge is 0.306 e. The van der Waals surface area contributed by atoms with Gasteiger partial charge in [0.1, 0.15) is 18.2 Å². The topological polar surface area (TPSA) is 125 Å². The van der Waals surface area contributed by atoms with Crippen LogP contribution < -0.4 is 5.32 Å². The van der Waals surface area contributed by atoms with Gasteiger partial charge in [0.05, 0.1) is 24.0 Å². The van der Waals surface area contributed by atoms with Gasteiger partial charge < -0.3 is 29.7 Å². The first-order valence-corrected chi connectivity index (χ1v) is 16.6. The number of unbranched alkanes of at least 4 members (excludes halogenated alkanes) is 3. The minimum Gasteiger partial charge on any atom is -0.463 e. The van der Waals surface area contributed by atoms with Gasteiger partial charge in [0, 0.05) is 31.7 Å². The van der Waals surface area contributed by atoms with E-state index in [1.54, 1.807) is 22.0 Å². The summed E-state index contributed by atoms with van der Waals surface area (Å²) in [5.74, 6) is -2.77. The third kappa shape index (κ3) is 7.39. The zero-order valence-electron chi connectivity index (χ0n) is 27.6. The summed E-state index contributed by atoms with van der Waals surface area (Å²) in [6, 6.07) is 7.79. The average molecular weight is 638 g/mol. The minimum absolute atomic E-state index is 0.0586. The molecule has 3 aliphatic heterocycles. The average Bonchev–Trinajstić information content (AvgIpc) is 3.67. The molecule has 10 heteroatoms. The predicted molar refractivity (Wildman–Crippen MR) is 174 cm³/mol. The molecule has 6 atom stereocenters. The summed E-state index contributed by atoms with van der Waals surface area (Å²) in [6.07, 6.45) is 7.54. The Hall–Kier alpha value is -3.50. The second-order valence-electron chi connectivity index (χ2n) is 13.6. The fraction of sp³-hybridized carbons (Fsp3) is 0.611. The molecular weight excluding hydrogens is 586 g/mol. The number of nitrogens with zero attached hydrogens (tertiary/aromatic N) is 2. The standard InChI is InChI=1S/C36H51N3O7/c1-6-8-18-28(41)45-24-26(25-16-12-11-13-17-25)37-32(42)29-27-19-20-36(46-27)30(29)33(43)38(22-14-9-10-15-23-40)31(36)34(44)39(21-7-2)35(3,4)5/h6-7,11-13,16-17,26-27,29-31,40H,1-2,8-10,14-15,18-24H2,3-5H3,(H,37,42)/t26-,27-,29+,30+,31-,36+/m1/s1. The molecule has 3 amide bonds. The van der Waals surface area contributed by atoms with Crippen LogP contribution in [0.2, 0.25) is 0 Å². The van der Waals surface area contributed by atoms with Gasteiger partial charge in [-0.3, -0.25) is 19.2 Å². The van der Waals surface area contributed by atoms with Gasteiger partial charge in [-0.05, 0) is 58.4 Å². The van der Waals surface area contributed by atoms with Crippen LogP contribution in [-0.2, 0) is 28.7 Å². The van der Waals surface area contributed by atoms with E-state index in [4.69, 9.17) is 9.47 Å². The van der Waals surface area contributed by atoms with E-state index in [2.05, 4.69) is 18.5 Å². The maximum atomic E-state index is 14.5. The SMILES string of the molecule is C=CCCC(=O)OC[C@@H](NC(=O)[C@@H]1[C@H]2C(=O)N(CCCCCCO)[C@H](C(=O)N(CC=C)C(C)(C)C)[C@]23CC[C@H]1O3)c1ccccc1. The first-order valence-electron chi connectivity index (χ1n) is 16.6. The van der Waals surface area contributed by atoms with Crippen LogP contribution in [0.4, 0.5) is 0 Å². The van der Waals surface area contributed by atoms with Crippen LogP contribution in [0.3, 0.4) is 0 Å². The van der Waals surface area contributed by atoms with Crippen molar-refractivity contribution in [2.45, 2.75) is 101 Å². The fourth-order valence-corrected chi connectivity index (χ4v) is 7.33. The summed E-state index contributed by atoms with van der Waals surface area (Å²) in [7, 11) is 0. The largest absolute Gasteiger partial charge is 0.463 e. The maximum absolute atomic E-state index is 14.5. The zero-order chi connectivity index (χ0) is 33.5. The van der Waals surface area contributed by atoms with E-state index < -0.39 is 41.2 Å². The molecular formula is C36H51N3O7. The second-order valence-corrected chi connectivity index (χ2v) is 13.6. The van der Waals surface area contributed by atoms with Crippen LogP contribution >= 0.6 is 0 Å². The van der Waals surface area contributed by atoms with E-state index in [1.165, 1.54) is 0 Å². The molecule has 0 aromatic heterocycles. The second kappa shape index (κ2) is 15.4. The summed E-state index contributed by atoms with van der Waals surface area (Å²) in [5, 5.41) is 12.3. The lowest BCUT2D eigenvalue weighted by Crippen LogP contribution is -2.60. The third-order valence-corrected chi connectivity index (χ3v) is 9.51. The van der Waals surface area contributed by atoms with E-state index in [9.17, 15) is 24.3 Å². The van der Waals surface area contributed by atoms with E-state index in [0.29, 0.717) is 45.2 Å². The molecule has 0 aliphatic carbocycles. The number of aliphatic hydroxyl groups is 1. The Bertz CT molecular complexity index is 1260. The molecule has 4 rings (SSSR count). The summed E-state index contributed by atoms with van der Waals surface area (Å²) in [5.41, 5.74) is -0.877. The number of aliphatic hydroxyl groups excluding tert-OH is 1. The van der Waals surface area contributed by atoms with Crippen LogP contribution in [-0.4, -0.2) is 88.2 Å². The first kappa shape index (κ1) is 35.4. The molecule has 1 aromatic rings.